The van der Waals surface area contributed by atoms with Crippen LogP contribution in [-0.2, 0) is 6.42 Å². The van der Waals surface area contributed by atoms with Crippen molar-refractivity contribution >= 4 is 15.9 Å². The Hall–Kier alpha value is -0.570. The molecule has 0 spiro atoms. The number of methoxy groups -OCH3 is 1. The summed E-state index contributed by atoms with van der Waals surface area (Å²) >= 11 is 3.40. The van der Waals surface area contributed by atoms with E-state index < -0.39 is 0 Å². The van der Waals surface area contributed by atoms with E-state index in [1.165, 1.54) is 12.1 Å². The van der Waals surface area contributed by atoms with Crippen LogP contribution in [0.5, 0.6) is 5.75 Å². The van der Waals surface area contributed by atoms with Gasteiger partial charge in [-0.3, -0.25) is 0 Å². The third-order valence-corrected chi connectivity index (χ3v) is 3.18. The van der Waals surface area contributed by atoms with Crippen molar-refractivity contribution in [3.05, 3.63) is 29.6 Å². The van der Waals surface area contributed by atoms with E-state index in [0.717, 1.165) is 23.1 Å². The molecule has 0 heterocycles. The van der Waals surface area contributed by atoms with Gasteiger partial charge in [0.2, 0.25) is 0 Å². The van der Waals surface area contributed by atoms with Gasteiger partial charge in [-0.2, -0.15) is 0 Å². The van der Waals surface area contributed by atoms with Gasteiger partial charge in [-0.05, 0) is 36.1 Å². The molecule has 0 N–H and O–H groups in total. The van der Waals surface area contributed by atoms with Crippen molar-refractivity contribution in [2.45, 2.75) is 13.3 Å². The smallest absolute Gasteiger partial charge is 0.123 e. The number of halogens is 2. The number of hydrogen-bond donors (Lipinski definition) is 0. The van der Waals surface area contributed by atoms with Crippen LogP contribution in [0.25, 0.3) is 0 Å². The molecule has 1 aromatic rings. The lowest BCUT2D eigenvalue weighted by atomic mass is 10.0. The van der Waals surface area contributed by atoms with Crippen molar-refractivity contribution in [1.82, 2.24) is 0 Å². The predicted octanol–water partition coefficient (Wildman–Crippen LogP) is 3.41. The molecule has 1 aromatic carbocycles. The molecule has 0 bridgehead atoms. The molecule has 0 saturated heterocycles. The SMILES string of the molecule is COc1ccc(F)cc1CC(C)CBr. The maximum absolute atomic E-state index is 13.0. The topological polar surface area (TPSA) is 9.23 Å². The highest BCUT2D eigenvalue weighted by Crippen LogP contribution is 2.22. The summed E-state index contributed by atoms with van der Waals surface area (Å²) in [5, 5.41) is 0.909. The molecule has 1 atom stereocenters. The van der Waals surface area contributed by atoms with Crippen molar-refractivity contribution < 1.29 is 9.13 Å². The van der Waals surface area contributed by atoms with Gasteiger partial charge in [0.05, 0.1) is 7.11 Å². The molecule has 1 rings (SSSR count). The Bertz CT molecular complexity index is 301. The zero-order valence-corrected chi connectivity index (χ0v) is 9.97. The standard InChI is InChI=1S/C11H14BrFO/c1-8(7-12)5-9-6-10(13)3-4-11(9)14-2/h3-4,6,8H,5,7H2,1-2H3. The van der Waals surface area contributed by atoms with Crippen LogP contribution in [0, 0.1) is 11.7 Å². The highest BCUT2D eigenvalue weighted by molar-refractivity contribution is 9.09. The summed E-state index contributed by atoms with van der Waals surface area (Å²) in [4.78, 5) is 0. The van der Waals surface area contributed by atoms with Crippen LogP contribution in [0.2, 0.25) is 0 Å². The molecule has 0 amide bonds. The second kappa shape index (κ2) is 5.35. The molecule has 0 aliphatic rings. The summed E-state index contributed by atoms with van der Waals surface area (Å²) in [6, 6.07) is 4.63. The van der Waals surface area contributed by atoms with Crippen molar-refractivity contribution in [3.8, 4) is 5.75 Å². The number of ether oxygens (including phenoxy) is 1. The van der Waals surface area contributed by atoms with Gasteiger partial charge >= 0.3 is 0 Å². The number of alkyl halides is 1. The molecule has 1 nitrogen and oxygen atoms in total. The van der Waals surface area contributed by atoms with E-state index in [1.54, 1.807) is 13.2 Å². The normalized spacial score (nSPS) is 12.6. The monoisotopic (exact) mass is 260 g/mol. The summed E-state index contributed by atoms with van der Waals surface area (Å²) in [6.45, 7) is 2.11. The quantitative estimate of drug-likeness (QED) is 0.755. The van der Waals surface area contributed by atoms with Crippen molar-refractivity contribution in [3.63, 3.8) is 0 Å². The molecule has 0 radical (unpaired) electrons. The van der Waals surface area contributed by atoms with Gasteiger partial charge in [-0.25, -0.2) is 4.39 Å². The Morgan fingerprint density at radius 1 is 1.50 bits per heavy atom. The maximum atomic E-state index is 13.0. The van der Waals surface area contributed by atoms with Crippen LogP contribution in [0.1, 0.15) is 12.5 Å². The van der Waals surface area contributed by atoms with Gasteiger partial charge in [0.1, 0.15) is 11.6 Å². The van der Waals surface area contributed by atoms with Gasteiger partial charge in [-0.15, -0.1) is 0 Å². The highest BCUT2D eigenvalue weighted by atomic mass is 79.9. The van der Waals surface area contributed by atoms with E-state index in [2.05, 4.69) is 22.9 Å². The molecule has 78 valence electrons. The van der Waals surface area contributed by atoms with Crippen LogP contribution < -0.4 is 4.74 Å². The van der Waals surface area contributed by atoms with Crippen LogP contribution >= 0.6 is 15.9 Å². The van der Waals surface area contributed by atoms with Crippen LogP contribution in [0.4, 0.5) is 4.39 Å². The minimum atomic E-state index is -0.206. The molecule has 1 unspecified atom stereocenters. The number of rotatable bonds is 4. The Morgan fingerprint density at radius 2 is 2.21 bits per heavy atom. The Morgan fingerprint density at radius 3 is 2.79 bits per heavy atom. The van der Waals surface area contributed by atoms with E-state index in [4.69, 9.17) is 4.74 Å². The molecule has 0 saturated carbocycles. The average Bonchev–Trinajstić information content (AvgIpc) is 2.18. The second-order valence-corrected chi connectivity index (χ2v) is 4.07. The molecule has 0 aliphatic carbocycles. The van der Waals surface area contributed by atoms with Crippen LogP contribution in [0.3, 0.4) is 0 Å². The van der Waals surface area contributed by atoms with Gasteiger partial charge in [-0.1, -0.05) is 22.9 Å². The lowest BCUT2D eigenvalue weighted by Crippen LogP contribution is -2.03. The Labute approximate surface area is 92.4 Å². The first-order valence-electron chi connectivity index (χ1n) is 4.55. The molecule has 0 fully saturated rings. The zero-order chi connectivity index (χ0) is 10.6. The average molecular weight is 261 g/mol. The number of benzene rings is 1. The minimum Gasteiger partial charge on any atom is -0.496 e. The van der Waals surface area contributed by atoms with E-state index >= 15 is 0 Å². The van der Waals surface area contributed by atoms with E-state index in [1.807, 2.05) is 0 Å². The molecular weight excluding hydrogens is 247 g/mol. The Kier molecular flexibility index (Phi) is 4.39. The molecular formula is C11H14BrFO. The molecule has 0 aromatic heterocycles. The van der Waals surface area contributed by atoms with E-state index in [9.17, 15) is 4.39 Å². The summed E-state index contributed by atoms with van der Waals surface area (Å²) in [6.07, 6.45) is 0.826. The largest absolute Gasteiger partial charge is 0.496 e. The maximum Gasteiger partial charge on any atom is 0.123 e. The number of hydrogen-bond acceptors (Lipinski definition) is 1. The summed E-state index contributed by atoms with van der Waals surface area (Å²) < 4.78 is 18.1. The van der Waals surface area contributed by atoms with Crippen molar-refractivity contribution in [1.29, 1.82) is 0 Å². The summed E-state index contributed by atoms with van der Waals surface area (Å²) in [5.74, 6) is 1.03. The van der Waals surface area contributed by atoms with Crippen LogP contribution in [-0.4, -0.2) is 12.4 Å². The molecule has 0 aliphatic heterocycles. The summed E-state index contributed by atoms with van der Waals surface area (Å²) in [7, 11) is 1.61. The van der Waals surface area contributed by atoms with Crippen LogP contribution in [0.15, 0.2) is 18.2 Å². The van der Waals surface area contributed by atoms with Gasteiger partial charge < -0.3 is 4.74 Å². The molecule has 3 heteroatoms. The van der Waals surface area contributed by atoms with E-state index in [-0.39, 0.29) is 5.82 Å². The summed E-state index contributed by atoms with van der Waals surface area (Å²) in [5.41, 5.74) is 0.930. The molecule has 14 heavy (non-hydrogen) atoms. The van der Waals surface area contributed by atoms with Crippen molar-refractivity contribution in [2.75, 3.05) is 12.4 Å². The predicted molar refractivity (Wildman–Crippen MR) is 59.6 cm³/mol. The third kappa shape index (κ3) is 2.98. The first-order chi connectivity index (χ1) is 6.67. The van der Waals surface area contributed by atoms with Gasteiger partial charge in [0.25, 0.3) is 0 Å². The van der Waals surface area contributed by atoms with Gasteiger partial charge in [0, 0.05) is 5.33 Å². The second-order valence-electron chi connectivity index (χ2n) is 3.42. The lowest BCUT2D eigenvalue weighted by Gasteiger charge is -2.11. The highest BCUT2D eigenvalue weighted by Gasteiger charge is 2.08. The van der Waals surface area contributed by atoms with Gasteiger partial charge in [0.15, 0.2) is 0 Å². The fraction of sp³-hybridized carbons (Fsp3) is 0.455. The fourth-order valence-corrected chi connectivity index (χ4v) is 1.57. The zero-order valence-electron chi connectivity index (χ0n) is 8.39. The third-order valence-electron chi connectivity index (χ3n) is 2.07. The van der Waals surface area contributed by atoms with Crippen molar-refractivity contribution in [2.24, 2.45) is 5.92 Å². The fourth-order valence-electron chi connectivity index (χ4n) is 1.34. The Balaban J connectivity index is 2.87. The first kappa shape index (κ1) is 11.5. The lowest BCUT2D eigenvalue weighted by molar-refractivity contribution is 0.405. The first-order valence-corrected chi connectivity index (χ1v) is 5.68. The van der Waals surface area contributed by atoms with E-state index in [0.29, 0.717) is 5.92 Å². The minimum absolute atomic E-state index is 0.206.